The first-order valence-electron chi connectivity index (χ1n) is 8.23. The van der Waals surface area contributed by atoms with E-state index in [0.717, 1.165) is 32.5 Å². The number of carbonyl (C=O) groups excluding carboxylic acids is 2. The van der Waals surface area contributed by atoms with E-state index < -0.39 is 6.04 Å². The van der Waals surface area contributed by atoms with E-state index in [0.29, 0.717) is 6.54 Å². The van der Waals surface area contributed by atoms with Crippen LogP contribution in [0.1, 0.15) is 24.0 Å². The third-order valence-corrected chi connectivity index (χ3v) is 4.68. The minimum Gasteiger partial charge on any atom is -0.351 e. The molecule has 0 spiro atoms. The van der Waals surface area contributed by atoms with Gasteiger partial charge in [-0.25, -0.2) is 4.79 Å². The van der Waals surface area contributed by atoms with Gasteiger partial charge in [0, 0.05) is 32.2 Å². The fraction of sp³-hybridized carbons (Fsp3) is 0.529. The number of urea groups is 1. The summed E-state index contributed by atoms with van der Waals surface area (Å²) in [7, 11) is 0. The van der Waals surface area contributed by atoms with E-state index in [1.165, 1.54) is 11.1 Å². The van der Waals surface area contributed by atoms with E-state index in [1.54, 1.807) is 0 Å². The van der Waals surface area contributed by atoms with Gasteiger partial charge in [-0.15, -0.1) is 0 Å². The van der Waals surface area contributed by atoms with Crippen LogP contribution in [0.25, 0.3) is 0 Å². The van der Waals surface area contributed by atoms with Gasteiger partial charge in [0.25, 0.3) is 0 Å². The molecule has 0 bridgehead atoms. The molecule has 3 amide bonds. The Morgan fingerprint density at radius 1 is 1.30 bits per heavy atom. The summed E-state index contributed by atoms with van der Waals surface area (Å²) in [6, 6.07) is 7.97. The number of carbonyl (C=O) groups is 2. The van der Waals surface area contributed by atoms with Crippen molar-refractivity contribution in [3.63, 3.8) is 0 Å². The quantitative estimate of drug-likeness (QED) is 0.768. The molecule has 2 heterocycles. The Kier molecular flexibility index (Phi) is 4.81. The summed E-state index contributed by atoms with van der Waals surface area (Å²) in [5.74, 6) is -0.0827. The standard InChI is InChI=1S/C17H24N4O2/c1-12-4-2-3-5-13(12)11-21-8-6-14(7-9-21)19-16(22)15-10-18-17(23)20-15/h2-5,14-15H,6-11H2,1H3,(H,19,22)(H2,18,20,23). The third kappa shape index (κ3) is 4.01. The molecule has 1 aromatic rings. The van der Waals surface area contributed by atoms with Gasteiger partial charge in [-0.1, -0.05) is 24.3 Å². The average Bonchev–Trinajstić information content (AvgIpc) is 2.98. The second-order valence-corrected chi connectivity index (χ2v) is 6.39. The van der Waals surface area contributed by atoms with Crippen LogP contribution in [0.2, 0.25) is 0 Å². The van der Waals surface area contributed by atoms with Gasteiger partial charge < -0.3 is 16.0 Å². The van der Waals surface area contributed by atoms with Crippen molar-refractivity contribution in [2.75, 3.05) is 19.6 Å². The zero-order valence-corrected chi connectivity index (χ0v) is 13.5. The zero-order chi connectivity index (χ0) is 16.2. The summed E-state index contributed by atoms with van der Waals surface area (Å²) in [4.78, 5) is 25.6. The molecule has 6 heteroatoms. The summed E-state index contributed by atoms with van der Waals surface area (Å²) in [6.45, 7) is 5.45. The number of amides is 3. The Morgan fingerprint density at radius 3 is 2.70 bits per heavy atom. The van der Waals surface area contributed by atoms with Gasteiger partial charge in [0.1, 0.15) is 6.04 Å². The normalized spacial score (nSPS) is 22.5. The van der Waals surface area contributed by atoms with Gasteiger partial charge in [-0.05, 0) is 30.9 Å². The van der Waals surface area contributed by atoms with Crippen molar-refractivity contribution in [3.8, 4) is 0 Å². The van der Waals surface area contributed by atoms with Gasteiger partial charge in [-0.2, -0.15) is 0 Å². The molecule has 1 aromatic carbocycles. The van der Waals surface area contributed by atoms with Gasteiger partial charge in [-0.3, -0.25) is 9.69 Å². The van der Waals surface area contributed by atoms with Crippen LogP contribution in [-0.4, -0.2) is 48.6 Å². The van der Waals surface area contributed by atoms with Crippen molar-refractivity contribution in [2.24, 2.45) is 0 Å². The van der Waals surface area contributed by atoms with Gasteiger partial charge in [0.15, 0.2) is 0 Å². The number of nitrogens with zero attached hydrogens (tertiary/aromatic N) is 1. The van der Waals surface area contributed by atoms with E-state index >= 15 is 0 Å². The lowest BCUT2D eigenvalue weighted by Crippen LogP contribution is -2.50. The molecule has 0 aliphatic carbocycles. The summed E-state index contributed by atoms with van der Waals surface area (Å²) < 4.78 is 0. The molecule has 2 saturated heterocycles. The molecule has 2 fully saturated rings. The predicted octanol–water partition coefficient (Wildman–Crippen LogP) is 0.757. The minimum absolute atomic E-state index is 0.0827. The van der Waals surface area contributed by atoms with E-state index in [1.807, 2.05) is 0 Å². The molecule has 6 nitrogen and oxygen atoms in total. The highest BCUT2D eigenvalue weighted by molar-refractivity contribution is 5.90. The number of rotatable bonds is 4. The van der Waals surface area contributed by atoms with Crippen LogP contribution >= 0.6 is 0 Å². The highest BCUT2D eigenvalue weighted by Gasteiger charge is 2.29. The summed E-state index contributed by atoms with van der Waals surface area (Å²) in [6.07, 6.45) is 1.90. The molecule has 2 aliphatic rings. The summed E-state index contributed by atoms with van der Waals surface area (Å²) >= 11 is 0. The SMILES string of the molecule is Cc1ccccc1CN1CCC(NC(=O)C2CNC(=O)N2)CC1. The molecule has 0 saturated carbocycles. The van der Waals surface area contributed by atoms with Crippen LogP contribution in [0.5, 0.6) is 0 Å². The van der Waals surface area contributed by atoms with E-state index in [9.17, 15) is 9.59 Å². The topological polar surface area (TPSA) is 73.5 Å². The molecule has 23 heavy (non-hydrogen) atoms. The minimum atomic E-state index is -0.438. The molecule has 3 N–H and O–H groups in total. The third-order valence-electron chi connectivity index (χ3n) is 4.68. The van der Waals surface area contributed by atoms with Crippen molar-refractivity contribution in [2.45, 2.75) is 38.4 Å². The number of aryl methyl sites for hydroxylation is 1. The number of benzene rings is 1. The second-order valence-electron chi connectivity index (χ2n) is 6.39. The van der Waals surface area contributed by atoms with Gasteiger partial charge in [0.2, 0.25) is 5.91 Å². The first kappa shape index (κ1) is 15.8. The van der Waals surface area contributed by atoms with Crippen molar-refractivity contribution >= 4 is 11.9 Å². The molecular weight excluding hydrogens is 292 g/mol. The average molecular weight is 316 g/mol. The Labute approximate surface area is 136 Å². The van der Waals surface area contributed by atoms with Crippen molar-refractivity contribution in [3.05, 3.63) is 35.4 Å². The largest absolute Gasteiger partial charge is 0.351 e. The lowest BCUT2D eigenvalue weighted by atomic mass is 10.0. The molecule has 124 valence electrons. The maximum Gasteiger partial charge on any atom is 0.315 e. The fourth-order valence-corrected chi connectivity index (χ4v) is 3.18. The molecule has 1 unspecified atom stereocenters. The van der Waals surface area contributed by atoms with Crippen LogP contribution < -0.4 is 16.0 Å². The Morgan fingerprint density at radius 2 is 2.04 bits per heavy atom. The van der Waals surface area contributed by atoms with Crippen molar-refractivity contribution in [1.29, 1.82) is 0 Å². The Hall–Kier alpha value is -2.08. The molecule has 0 aromatic heterocycles. The maximum atomic E-state index is 12.1. The second kappa shape index (κ2) is 7.00. The lowest BCUT2D eigenvalue weighted by molar-refractivity contribution is -0.123. The van der Waals surface area contributed by atoms with E-state index in [-0.39, 0.29) is 18.0 Å². The van der Waals surface area contributed by atoms with Crippen molar-refractivity contribution < 1.29 is 9.59 Å². The highest BCUT2D eigenvalue weighted by Crippen LogP contribution is 2.16. The van der Waals surface area contributed by atoms with E-state index in [4.69, 9.17) is 0 Å². The summed E-state index contributed by atoms with van der Waals surface area (Å²) in [5, 5.41) is 8.28. The van der Waals surface area contributed by atoms with Crippen molar-refractivity contribution in [1.82, 2.24) is 20.9 Å². The number of nitrogens with one attached hydrogen (secondary N) is 3. The van der Waals surface area contributed by atoms with Crippen LogP contribution in [0.3, 0.4) is 0 Å². The number of hydrogen-bond donors (Lipinski definition) is 3. The predicted molar refractivity (Wildman–Crippen MR) is 87.9 cm³/mol. The number of hydrogen-bond acceptors (Lipinski definition) is 3. The first-order chi connectivity index (χ1) is 11.1. The zero-order valence-electron chi connectivity index (χ0n) is 13.5. The monoisotopic (exact) mass is 316 g/mol. The smallest absolute Gasteiger partial charge is 0.315 e. The Balaban J connectivity index is 1.44. The molecule has 1 atom stereocenters. The van der Waals surface area contributed by atoms with E-state index in [2.05, 4.69) is 52.0 Å². The molecule has 3 rings (SSSR count). The fourth-order valence-electron chi connectivity index (χ4n) is 3.18. The van der Waals surface area contributed by atoms with Gasteiger partial charge in [0.05, 0.1) is 0 Å². The number of piperidine rings is 1. The summed E-state index contributed by atoms with van der Waals surface area (Å²) in [5.41, 5.74) is 2.70. The van der Waals surface area contributed by atoms with Crippen LogP contribution in [-0.2, 0) is 11.3 Å². The Bertz CT molecular complexity index is 582. The van der Waals surface area contributed by atoms with Crippen LogP contribution in [0.15, 0.2) is 24.3 Å². The maximum absolute atomic E-state index is 12.1. The first-order valence-corrected chi connectivity index (χ1v) is 8.23. The van der Waals surface area contributed by atoms with Crippen LogP contribution in [0, 0.1) is 6.92 Å². The molecule has 0 radical (unpaired) electrons. The number of likely N-dealkylation sites (tertiary alicyclic amines) is 1. The highest BCUT2D eigenvalue weighted by atomic mass is 16.2. The molecule has 2 aliphatic heterocycles. The van der Waals surface area contributed by atoms with Crippen LogP contribution in [0.4, 0.5) is 4.79 Å². The lowest BCUT2D eigenvalue weighted by Gasteiger charge is -2.33. The molecular formula is C17H24N4O2. The van der Waals surface area contributed by atoms with Gasteiger partial charge >= 0.3 is 6.03 Å².